The lowest BCUT2D eigenvalue weighted by Gasteiger charge is -2.19. The number of likely N-dealkylation sites (N-methyl/N-ethyl adjacent to an activating group) is 1. The molecule has 0 saturated carbocycles. The molecule has 0 radical (unpaired) electrons. The monoisotopic (exact) mass is 298 g/mol. The summed E-state index contributed by atoms with van der Waals surface area (Å²) in [4.78, 5) is 23.8. The average Bonchev–Trinajstić information content (AvgIpc) is 2.45. The maximum atomic E-state index is 11.4. The second kappa shape index (κ2) is 6.30. The van der Waals surface area contributed by atoms with Crippen LogP contribution >= 0.6 is 35.3 Å². The molecular weight excluding hydrogens is 287 g/mol. The summed E-state index contributed by atoms with van der Waals surface area (Å²) in [5.41, 5.74) is -0.144. The standard InChI is InChI=1S/C9H11ClN2O3S.ClH/c1-5(13)8(11(2)3)7-4-6(12(14)15)9(10)16-7;/h4,8H,1-3H3;1H. The molecular formula is C9H12Cl2N2O3S. The Morgan fingerprint density at radius 3 is 2.41 bits per heavy atom. The molecule has 1 atom stereocenters. The number of halogens is 2. The molecule has 96 valence electrons. The number of nitro groups is 1. The first-order chi connectivity index (χ1) is 7.34. The van der Waals surface area contributed by atoms with E-state index >= 15 is 0 Å². The normalized spacial score (nSPS) is 12.1. The van der Waals surface area contributed by atoms with Gasteiger partial charge in [0.2, 0.25) is 0 Å². The molecule has 0 aliphatic rings. The predicted octanol–water partition coefficient (Wildman–Crippen LogP) is 2.92. The smallest absolute Gasteiger partial charge is 0.298 e. The lowest BCUT2D eigenvalue weighted by molar-refractivity contribution is -0.384. The van der Waals surface area contributed by atoms with Crippen LogP contribution in [0, 0.1) is 10.1 Å². The maximum Gasteiger partial charge on any atom is 0.299 e. The van der Waals surface area contributed by atoms with Gasteiger partial charge in [0, 0.05) is 10.9 Å². The molecule has 1 aromatic heterocycles. The van der Waals surface area contributed by atoms with Gasteiger partial charge in [0.05, 0.1) is 4.92 Å². The Morgan fingerprint density at radius 1 is 1.59 bits per heavy atom. The molecule has 0 aliphatic carbocycles. The van der Waals surface area contributed by atoms with Crippen LogP contribution in [0.25, 0.3) is 0 Å². The second-order valence-electron chi connectivity index (χ2n) is 3.54. The van der Waals surface area contributed by atoms with E-state index in [2.05, 4.69) is 0 Å². The molecule has 1 aromatic rings. The summed E-state index contributed by atoms with van der Waals surface area (Å²) in [6, 6.07) is 0.884. The Bertz CT molecular complexity index is 434. The molecule has 0 bridgehead atoms. The fourth-order valence-corrected chi connectivity index (χ4v) is 2.95. The second-order valence-corrected chi connectivity index (χ2v) is 5.23. The topological polar surface area (TPSA) is 63.4 Å². The summed E-state index contributed by atoms with van der Waals surface area (Å²) < 4.78 is 0.105. The molecule has 0 aromatic carbocycles. The van der Waals surface area contributed by atoms with Gasteiger partial charge in [-0.25, -0.2) is 0 Å². The van der Waals surface area contributed by atoms with Crippen LogP contribution in [0.5, 0.6) is 0 Å². The van der Waals surface area contributed by atoms with Gasteiger partial charge in [0.25, 0.3) is 5.69 Å². The third-order valence-electron chi connectivity index (χ3n) is 2.06. The number of thiophene rings is 1. The zero-order chi connectivity index (χ0) is 12.5. The van der Waals surface area contributed by atoms with E-state index < -0.39 is 11.0 Å². The first-order valence-electron chi connectivity index (χ1n) is 4.45. The van der Waals surface area contributed by atoms with Crippen LogP contribution in [0.15, 0.2) is 6.07 Å². The van der Waals surface area contributed by atoms with Crippen LogP contribution in [0.2, 0.25) is 4.34 Å². The van der Waals surface area contributed by atoms with Crippen molar-refractivity contribution < 1.29 is 9.72 Å². The van der Waals surface area contributed by atoms with Crippen molar-refractivity contribution in [3.05, 3.63) is 25.4 Å². The first kappa shape index (κ1) is 16.3. The van der Waals surface area contributed by atoms with E-state index in [4.69, 9.17) is 11.6 Å². The van der Waals surface area contributed by atoms with Gasteiger partial charge in [0.15, 0.2) is 10.1 Å². The van der Waals surface area contributed by atoms with Gasteiger partial charge in [-0.3, -0.25) is 19.8 Å². The summed E-state index contributed by atoms with van der Waals surface area (Å²) in [7, 11) is 3.48. The highest BCUT2D eigenvalue weighted by atomic mass is 35.5. The van der Waals surface area contributed by atoms with Crippen molar-refractivity contribution in [2.24, 2.45) is 0 Å². The van der Waals surface area contributed by atoms with E-state index in [9.17, 15) is 14.9 Å². The van der Waals surface area contributed by atoms with E-state index in [0.717, 1.165) is 11.3 Å². The fraction of sp³-hybridized carbons (Fsp3) is 0.444. The van der Waals surface area contributed by atoms with Crippen molar-refractivity contribution in [3.63, 3.8) is 0 Å². The summed E-state index contributed by atoms with van der Waals surface area (Å²) in [6.45, 7) is 1.45. The van der Waals surface area contributed by atoms with E-state index in [1.165, 1.54) is 13.0 Å². The highest BCUT2D eigenvalue weighted by molar-refractivity contribution is 7.17. The quantitative estimate of drug-likeness (QED) is 0.633. The molecule has 8 heteroatoms. The lowest BCUT2D eigenvalue weighted by Crippen LogP contribution is -2.25. The molecule has 0 fully saturated rings. The largest absolute Gasteiger partial charge is 0.299 e. The van der Waals surface area contributed by atoms with Gasteiger partial charge >= 0.3 is 0 Å². The minimum absolute atomic E-state index is 0. The minimum Gasteiger partial charge on any atom is -0.298 e. The van der Waals surface area contributed by atoms with E-state index in [1.807, 2.05) is 0 Å². The highest BCUT2D eigenvalue weighted by Crippen LogP contribution is 2.38. The zero-order valence-corrected chi connectivity index (χ0v) is 11.9. The van der Waals surface area contributed by atoms with E-state index in [1.54, 1.807) is 19.0 Å². The van der Waals surface area contributed by atoms with Gasteiger partial charge < -0.3 is 0 Å². The van der Waals surface area contributed by atoms with Gasteiger partial charge in [-0.2, -0.15) is 0 Å². The van der Waals surface area contributed by atoms with Crippen LogP contribution < -0.4 is 0 Å². The number of nitrogens with zero attached hydrogens (tertiary/aromatic N) is 2. The lowest BCUT2D eigenvalue weighted by atomic mass is 10.1. The Hall–Kier alpha value is -0.690. The van der Waals surface area contributed by atoms with Crippen LogP contribution in [0.1, 0.15) is 17.8 Å². The molecule has 5 nitrogen and oxygen atoms in total. The van der Waals surface area contributed by atoms with Gasteiger partial charge in [-0.05, 0) is 21.0 Å². The Morgan fingerprint density at radius 2 is 2.12 bits per heavy atom. The van der Waals surface area contributed by atoms with Crippen LogP contribution in [0.3, 0.4) is 0 Å². The molecule has 0 saturated heterocycles. The van der Waals surface area contributed by atoms with Crippen molar-refractivity contribution in [3.8, 4) is 0 Å². The summed E-state index contributed by atoms with van der Waals surface area (Å²) in [5, 5.41) is 10.6. The molecule has 1 heterocycles. The summed E-state index contributed by atoms with van der Waals surface area (Å²) >= 11 is 6.81. The number of ketones is 1. The van der Waals surface area contributed by atoms with Gasteiger partial charge in [-0.1, -0.05) is 11.6 Å². The third kappa shape index (κ3) is 3.64. The summed E-state index contributed by atoms with van der Waals surface area (Å²) in [6.07, 6.45) is 0. The molecule has 1 unspecified atom stereocenters. The zero-order valence-electron chi connectivity index (χ0n) is 9.47. The van der Waals surface area contributed by atoms with Gasteiger partial charge in [0.1, 0.15) is 6.04 Å². The van der Waals surface area contributed by atoms with Crippen molar-refractivity contribution in [2.75, 3.05) is 14.1 Å². The van der Waals surface area contributed by atoms with Crippen molar-refractivity contribution in [1.82, 2.24) is 4.90 Å². The molecule has 0 spiro atoms. The van der Waals surface area contributed by atoms with Gasteiger partial charge in [-0.15, -0.1) is 23.7 Å². The third-order valence-corrected chi connectivity index (χ3v) is 3.45. The Labute approximate surface area is 114 Å². The number of hydrogen-bond acceptors (Lipinski definition) is 5. The number of hydrogen-bond donors (Lipinski definition) is 0. The fourth-order valence-electron chi connectivity index (χ4n) is 1.45. The average molecular weight is 299 g/mol. The van der Waals surface area contributed by atoms with Crippen LogP contribution in [-0.4, -0.2) is 29.7 Å². The molecule has 1 rings (SSSR count). The Kier molecular flexibility index (Phi) is 6.04. The Balaban J connectivity index is 0.00000256. The van der Waals surface area contributed by atoms with Crippen LogP contribution in [-0.2, 0) is 4.79 Å². The van der Waals surface area contributed by atoms with Crippen LogP contribution in [0.4, 0.5) is 5.69 Å². The number of carbonyl (C=O) groups is 1. The van der Waals surface area contributed by atoms with Crippen molar-refractivity contribution in [1.29, 1.82) is 0 Å². The molecule has 0 amide bonds. The predicted molar refractivity (Wildman–Crippen MR) is 70.3 cm³/mol. The first-order valence-corrected chi connectivity index (χ1v) is 5.64. The number of Topliss-reactive ketones (excluding diaryl/α,β-unsaturated/α-hetero) is 1. The highest BCUT2D eigenvalue weighted by Gasteiger charge is 2.26. The summed E-state index contributed by atoms with van der Waals surface area (Å²) in [5.74, 6) is -0.0715. The van der Waals surface area contributed by atoms with Crippen molar-refractivity contribution >= 4 is 46.8 Å². The van der Waals surface area contributed by atoms with E-state index in [0.29, 0.717) is 4.88 Å². The minimum atomic E-state index is -0.546. The van der Waals surface area contributed by atoms with E-state index in [-0.39, 0.29) is 28.2 Å². The molecule has 17 heavy (non-hydrogen) atoms. The van der Waals surface area contributed by atoms with Crippen molar-refractivity contribution in [2.45, 2.75) is 13.0 Å². The molecule has 0 aliphatic heterocycles. The molecule has 0 N–H and O–H groups in total. The number of rotatable bonds is 4. The number of carbonyl (C=O) groups excluding carboxylic acids is 1. The SMILES string of the molecule is CC(=O)C(c1cc([N+](=O)[O-])c(Cl)s1)N(C)C.Cl. The maximum absolute atomic E-state index is 11.4.